The third-order valence-corrected chi connectivity index (χ3v) is 3.98. The molecule has 88 valence electrons. The summed E-state index contributed by atoms with van der Waals surface area (Å²) in [5.74, 6) is -0.148. The first kappa shape index (κ1) is 16.5. The third kappa shape index (κ3) is 5.09. The van der Waals surface area contributed by atoms with Gasteiger partial charge in [0.2, 0.25) is 10.0 Å². The predicted octanol–water partition coefficient (Wildman–Crippen LogP) is 0.377. The van der Waals surface area contributed by atoms with E-state index in [-0.39, 0.29) is 37.2 Å². The Bertz CT molecular complexity index is 236. The van der Waals surface area contributed by atoms with Gasteiger partial charge in [0.1, 0.15) is 0 Å². The number of likely N-dealkylation sites (N-methyl/N-ethyl adjacent to an activating group) is 1. The number of hydrogen-bond donors (Lipinski definition) is 1. The summed E-state index contributed by atoms with van der Waals surface area (Å²) in [4.78, 5) is 0. The molecular formula is C7H18ClFN2O2S. The molecule has 1 atom stereocenters. The smallest absolute Gasteiger partial charge is 0.214 e. The summed E-state index contributed by atoms with van der Waals surface area (Å²) in [7, 11) is -1.86. The van der Waals surface area contributed by atoms with Crippen molar-refractivity contribution in [1.82, 2.24) is 4.31 Å². The maximum Gasteiger partial charge on any atom is 0.214 e. The van der Waals surface area contributed by atoms with Crippen molar-refractivity contribution in [2.45, 2.75) is 19.4 Å². The first-order valence-electron chi connectivity index (χ1n) is 4.17. The molecule has 4 nitrogen and oxygen atoms in total. The van der Waals surface area contributed by atoms with Crippen molar-refractivity contribution >= 4 is 22.4 Å². The van der Waals surface area contributed by atoms with Crippen molar-refractivity contribution in [1.29, 1.82) is 0 Å². The Hall–Kier alpha value is 0.0900. The fourth-order valence-corrected chi connectivity index (χ4v) is 2.20. The van der Waals surface area contributed by atoms with E-state index < -0.39 is 16.7 Å². The van der Waals surface area contributed by atoms with Crippen LogP contribution in [0.3, 0.4) is 0 Å². The van der Waals surface area contributed by atoms with E-state index in [1.807, 2.05) is 0 Å². The Kier molecular flexibility index (Phi) is 8.72. The van der Waals surface area contributed by atoms with Gasteiger partial charge >= 0.3 is 0 Å². The molecule has 0 aromatic rings. The van der Waals surface area contributed by atoms with Crippen molar-refractivity contribution in [3.05, 3.63) is 0 Å². The normalized spacial score (nSPS) is 13.8. The van der Waals surface area contributed by atoms with Crippen LogP contribution >= 0.6 is 12.4 Å². The first-order chi connectivity index (χ1) is 5.95. The molecule has 14 heavy (non-hydrogen) atoms. The zero-order valence-electron chi connectivity index (χ0n) is 8.44. The topological polar surface area (TPSA) is 63.4 Å². The molecule has 0 aromatic carbocycles. The average Bonchev–Trinajstić information content (AvgIpc) is 2.12. The number of rotatable bonds is 6. The van der Waals surface area contributed by atoms with Gasteiger partial charge in [0.25, 0.3) is 0 Å². The molecule has 0 saturated heterocycles. The molecule has 0 bridgehead atoms. The minimum Gasteiger partial charge on any atom is -0.329 e. The van der Waals surface area contributed by atoms with Gasteiger partial charge in [-0.15, -0.1) is 12.4 Å². The highest BCUT2D eigenvalue weighted by Gasteiger charge is 2.21. The van der Waals surface area contributed by atoms with Crippen LogP contribution in [0.5, 0.6) is 0 Å². The summed E-state index contributed by atoms with van der Waals surface area (Å²) >= 11 is 0. The number of hydrogen-bond acceptors (Lipinski definition) is 3. The number of alkyl halides is 1. The standard InChI is InChI=1S/C7H17FN2O2S.ClH/c1-7(6-9)10(2)13(11,12)5-3-4-8;/h7H,3-6,9H2,1-2H3;1H. The highest BCUT2D eigenvalue weighted by Crippen LogP contribution is 2.04. The van der Waals surface area contributed by atoms with Crippen LogP contribution in [-0.2, 0) is 10.0 Å². The lowest BCUT2D eigenvalue weighted by molar-refractivity contribution is 0.391. The predicted molar refractivity (Wildman–Crippen MR) is 57.9 cm³/mol. The second-order valence-electron chi connectivity index (χ2n) is 2.96. The molecule has 0 aromatic heterocycles. The van der Waals surface area contributed by atoms with E-state index >= 15 is 0 Å². The molecule has 0 fully saturated rings. The van der Waals surface area contributed by atoms with Gasteiger partial charge in [-0.3, -0.25) is 4.39 Å². The fourth-order valence-electron chi connectivity index (χ4n) is 0.804. The van der Waals surface area contributed by atoms with E-state index in [2.05, 4.69) is 0 Å². The Morgan fingerprint density at radius 3 is 2.36 bits per heavy atom. The van der Waals surface area contributed by atoms with Crippen LogP contribution in [0.15, 0.2) is 0 Å². The zero-order valence-corrected chi connectivity index (χ0v) is 10.1. The van der Waals surface area contributed by atoms with Crippen LogP contribution in [0.25, 0.3) is 0 Å². The second kappa shape index (κ2) is 7.39. The first-order valence-corrected chi connectivity index (χ1v) is 5.78. The van der Waals surface area contributed by atoms with Gasteiger partial charge in [0, 0.05) is 19.6 Å². The summed E-state index contributed by atoms with van der Waals surface area (Å²) in [6.07, 6.45) is 0.0456. The Balaban J connectivity index is 0. The van der Waals surface area contributed by atoms with Crippen LogP contribution in [0, 0.1) is 0 Å². The number of nitrogens with two attached hydrogens (primary N) is 1. The molecular weight excluding hydrogens is 231 g/mol. The van der Waals surface area contributed by atoms with Crippen molar-refractivity contribution in [3.8, 4) is 0 Å². The average molecular weight is 249 g/mol. The summed E-state index contributed by atoms with van der Waals surface area (Å²) in [6.45, 7) is 1.38. The zero-order chi connectivity index (χ0) is 10.5. The van der Waals surface area contributed by atoms with E-state index in [1.165, 1.54) is 11.4 Å². The molecule has 0 saturated carbocycles. The van der Waals surface area contributed by atoms with Gasteiger partial charge in [-0.05, 0) is 13.3 Å². The lowest BCUT2D eigenvalue weighted by Gasteiger charge is -2.22. The van der Waals surface area contributed by atoms with Crippen molar-refractivity contribution in [2.75, 3.05) is 26.0 Å². The molecule has 0 radical (unpaired) electrons. The number of sulfonamides is 1. The lowest BCUT2D eigenvalue weighted by atomic mass is 10.4. The minimum absolute atomic E-state index is 0. The van der Waals surface area contributed by atoms with E-state index in [0.717, 1.165) is 0 Å². The summed E-state index contributed by atoms with van der Waals surface area (Å²) in [5, 5.41) is 0. The SMILES string of the molecule is CC(CN)N(C)S(=O)(=O)CCCF.Cl. The van der Waals surface area contributed by atoms with Gasteiger partial charge in [0.05, 0.1) is 12.4 Å². The molecule has 7 heteroatoms. The molecule has 0 amide bonds. The summed E-state index contributed by atoms with van der Waals surface area (Å²) in [6, 6.07) is -0.232. The van der Waals surface area contributed by atoms with Crippen LogP contribution in [0.1, 0.15) is 13.3 Å². The van der Waals surface area contributed by atoms with Crippen LogP contribution in [0.2, 0.25) is 0 Å². The van der Waals surface area contributed by atoms with Crippen LogP contribution < -0.4 is 5.73 Å². The third-order valence-electron chi connectivity index (χ3n) is 1.94. The quantitative estimate of drug-likeness (QED) is 0.739. The molecule has 1 unspecified atom stereocenters. The van der Waals surface area contributed by atoms with E-state index in [9.17, 15) is 12.8 Å². The van der Waals surface area contributed by atoms with Gasteiger partial charge in [-0.25, -0.2) is 12.7 Å². The molecule has 0 rings (SSSR count). The number of halogens is 2. The molecule has 0 aliphatic heterocycles. The van der Waals surface area contributed by atoms with Gasteiger partial charge in [0.15, 0.2) is 0 Å². The molecule has 0 spiro atoms. The molecule has 0 aliphatic carbocycles. The Morgan fingerprint density at radius 1 is 1.50 bits per heavy atom. The monoisotopic (exact) mass is 248 g/mol. The largest absolute Gasteiger partial charge is 0.329 e. The van der Waals surface area contributed by atoms with Crippen LogP contribution in [0.4, 0.5) is 4.39 Å². The maximum atomic E-state index is 11.8. The molecule has 0 aliphatic rings. The van der Waals surface area contributed by atoms with Crippen LogP contribution in [-0.4, -0.2) is 44.8 Å². The van der Waals surface area contributed by atoms with E-state index in [0.29, 0.717) is 0 Å². The Labute approximate surface area is 91.1 Å². The van der Waals surface area contributed by atoms with Gasteiger partial charge < -0.3 is 5.73 Å². The van der Waals surface area contributed by atoms with Gasteiger partial charge in [-0.1, -0.05) is 0 Å². The second-order valence-corrected chi connectivity index (χ2v) is 5.11. The van der Waals surface area contributed by atoms with Crippen molar-refractivity contribution in [2.24, 2.45) is 5.73 Å². The van der Waals surface area contributed by atoms with Crippen molar-refractivity contribution < 1.29 is 12.8 Å². The number of nitrogens with zero attached hydrogens (tertiary/aromatic N) is 1. The maximum absolute atomic E-state index is 11.8. The van der Waals surface area contributed by atoms with E-state index in [4.69, 9.17) is 5.73 Å². The van der Waals surface area contributed by atoms with Gasteiger partial charge in [-0.2, -0.15) is 0 Å². The minimum atomic E-state index is -3.32. The summed E-state index contributed by atoms with van der Waals surface area (Å²) < 4.78 is 35.7. The lowest BCUT2D eigenvalue weighted by Crippen LogP contribution is -2.40. The highest BCUT2D eigenvalue weighted by atomic mass is 35.5. The van der Waals surface area contributed by atoms with E-state index in [1.54, 1.807) is 6.92 Å². The van der Waals surface area contributed by atoms with Crippen molar-refractivity contribution in [3.63, 3.8) is 0 Å². The summed E-state index contributed by atoms with van der Waals surface area (Å²) in [5.41, 5.74) is 5.32. The fraction of sp³-hybridized carbons (Fsp3) is 1.00. The Morgan fingerprint density at radius 2 is 2.00 bits per heavy atom. The molecule has 0 heterocycles. The molecule has 2 N–H and O–H groups in total. The highest BCUT2D eigenvalue weighted by molar-refractivity contribution is 7.89.